The van der Waals surface area contributed by atoms with Crippen LogP contribution in [0.25, 0.3) is 49.5 Å². The summed E-state index contributed by atoms with van der Waals surface area (Å²) in [4.78, 5) is 4.58. The Hall–Kier alpha value is -3.76. The number of benzene rings is 4. The van der Waals surface area contributed by atoms with Crippen molar-refractivity contribution in [2.24, 2.45) is 7.05 Å². The van der Waals surface area contributed by atoms with Gasteiger partial charge in [0.2, 0.25) is 0 Å². The number of aromatic nitrogens is 3. The van der Waals surface area contributed by atoms with Gasteiger partial charge in [0.05, 0.1) is 28.3 Å². The van der Waals surface area contributed by atoms with Crippen LogP contribution in [0.2, 0.25) is 0 Å². The molecule has 2 heterocycles. The molecule has 0 atom stereocenters. The van der Waals surface area contributed by atoms with Crippen molar-refractivity contribution < 1.29 is 4.57 Å². The third-order valence-corrected chi connectivity index (χ3v) is 8.47. The van der Waals surface area contributed by atoms with Gasteiger partial charge < -0.3 is 0 Å². The molecule has 190 valence electrons. The van der Waals surface area contributed by atoms with Crippen molar-refractivity contribution in [2.75, 3.05) is 0 Å². The first kappa shape index (κ1) is 24.6. The van der Waals surface area contributed by atoms with E-state index in [2.05, 4.69) is 135 Å². The molecule has 0 spiro atoms. The van der Waals surface area contributed by atoms with Gasteiger partial charge in [0.25, 0.3) is 5.82 Å². The lowest BCUT2D eigenvalue weighted by Crippen LogP contribution is -2.30. The van der Waals surface area contributed by atoms with E-state index in [0.29, 0.717) is 11.8 Å². The number of thiazole rings is 1. The summed E-state index contributed by atoms with van der Waals surface area (Å²) in [6, 6.07) is 29.0. The fourth-order valence-electron chi connectivity index (χ4n) is 5.71. The van der Waals surface area contributed by atoms with Crippen LogP contribution in [0.15, 0.2) is 84.4 Å². The van der Waals surface area contributed by atoms with Gasteiger partial charge in [-0.1, -0.05) is 70.2 Å². The van der Waals surface area contributed by atoms with E-state index in [4.69, 9.17) is 0 Å². The molecule has 4 aromatic carbocycles. The number of hydrogen-bond donors (Lipinski definition) is 0. The monoisotopic (exact) mass is 516 g/mol. The zero-order chi connectivity index (χ0) is 26.6. The molecule has 6 rings (SSSR count). The first-order chi connectivity index (χ1) is 18.3. The summed E-state index contributed by atoms with van der Waals surface area (Å²) in [7, 11) is 2.20. The summed E-state index contributed by atoms with van der Waals surface area (Å²) < 4.78 is 6.11. The zero-order valence-corrected chi connectivity index (χ0v) is 23.8. The Balaban J connectivity index is 1.76. The van der Waals surface area contributed by atoms with E-state index in [9.17, 15) is 0 Å². The molecule has 0 fully saturated rings. The highest BCUT2D eigenvalue weighted by atomic mass is 32.1. The molecule has 0 radical (unpaired) electrons. The third-order valence-electron chi connectivity index (χ3n) is 7.68. The second kappa shape index (κ2) is 9.52. The maximum Gasteiger partial charge on any atom is 0.295 e. The Morgan fingerprint density at radius 3 is 2.13 bits per heavy atom. The second-order valence-electron chi connectivity index (χ2n) is 10.9. The van der Waals surface area contributed by atoms with Crippen molar-refractivity contribution in [1.82, 2.24) is 9.55 Å². The average Bonchev–Trinajstić information content (AvgIpc) is 3.49. The highest BCUT2D eigenvalue weighted by Gasteiger charge is 2.32. The van der Waals surface area contributed by atoms with Crippen LogP contribution in [0, 0.1) is 6.92 Å². The van der Waals surface area contributed by atoms with E-state index < -0.39 is 0 Å². The van der Waals surface area contributed by atoms with Crippen molar-refractivity contribution >= 4 is 32.6 Å². The number of hydrogen-bond acceptors (Lipinski definition) is 2. The predicted octanol–water partition coefficient (Wildman–Crippen LogP) is 8.95. The summed E-state index contributed by atoms with van der Waals surface area (Å²) >= 11 is 1.71. The van der Waals surface area contributed by atoms with E-state index in [0.717, 1.165) is 5.52 Å². The van der Waals surface area contributed by atoms with E-state index in [1.165, 1.54) is 60.6 Å². The Bertz CT molecular complexity index is 1760. The first-order valence-corrected chi connectivity index (χ1v) is 14.3. The van der Waals surface area contributed by atoms with Crippen LogP contribution < -0.4 is 4.57 Å². The average molecular weight is 517 g/mol. The number of nitrogens with zero attached hydrogens (tertiary/aromatic N) is 3. The van der Waals surface area contributed by atoms with Gasteiger partial charge in [-0.25, -0.2) is 9.55 Å². The molecule has 0 unspecified atom stereocenters. The van der Waals surface area contributed by atoms with Crippen LogP contribution in [0.1, 0.15) is 56.2 Å². The number of imidazole rings is 1. The Morgan fingerprint density at radius 1 is 0.789 bits per heavy atom. The van der Waals surface area contributed by atoms with Gasteiger partial charge in [0.1, 0.15) is 5.69 Å². The quantitative estimate of drug-likeness (QED) is 0.210. The lowest BCUT2D eigenvalue weighted by Gasteiger charge is -2.21. The van der Waals surface area contributed by atoms with Crippen LogP contribution in [0.5, 0.6) is 0 Å². The largest absolute Gasteiger partial charge is 0.295 e. The maximum atomic E-state index is 4.58. The number of rotatable bonds is 5. The molecule has 38 heavy (non-hydrogen) atoms. The van der Waals surface area contributed by atoms with Gasteiger partial charge in [-0.2, -0.15) is 4.57 Å². The molecular weight excluding hydrogens is 482 g/mol. The minimum atomic E-state index is 0.357. The molecule has 0 bridgehead atoms. The second-order valence-corrected chi connectivity index (χ2v) is 11.8. The minimum Gasteiger partial charge on any atom is -0.245 e. The molecule has 6 aromatic rings. The third kappa shape index (κ3) is 3.95. The van der Waals surface area contributed by atoms with Gasteiger partial charge in [0, 0.05) is 11.1 Å². The first-order valence-electron chi connectivity index (χ1n) is 13.4. The van der Waals surface area contributed by atoms with E-state index >= 15 is 0 Å². The predicted molar refractivity (Wildman–Crippen MR) is 161 cm³/mol. The van der Waals surface area contributed by atoms with E-state index in [1.54, 1.807) is 11.3 Å². The summed E-state index contributed by atoms with van der Waals surface area (Å²) in [5.41, 5.74) is 14.5. The van der Waals surface area contributed by atoms with Crippen LogP contribution in [-0.2, 0) is 7.05 Å². The fraction of sp³-hybridized carbons (Fsp3) is 0.235. The molecule has 2 aromatic heterocycles. The van der Waals surface area contributed by atoms with Crippen LogP contribution in [0.4, 0.5) is 0 Å². The Labute approximate surface area is 229 Å². The van der Waals surface area contributed by atoms with Gasteiger partial charge in [0.15, 0.2) is 11.0 Å². The minimum absolute atomic E-state index is 0.357. The Morgan fingerprint density at radius 2 is 1.45 bits per heavy atom. The summed E-state index contributed by atoms with van der Waals surface area (Å²) in [6.45, 7) is 11.5. The van der Waals surface area contributed by atoms with Gasteiger partial charge in [-0.3, -0.25) is 0 Å². The molecule has 0 N–H and O–H groups in total. The maximum absolute atomic E-state index is 4.58. The molecule has 0 saturated heterocycles. The van der Waals surface area contributed by atoms with E-state index in [-0.39, 0.29) is 0 Å². The number of fused-ring (bicyclic) bond motifs is 2. The normalized spacial score (nSPS) is 11.9. The molecule has 0 aliphatic rings. The molecule has 0 aliphatic heterocycles. The van der Waals surface area contributed by atoms with Crippen molar-refractivity contribution in [2.45, 2.75) is 46.5 Å². The fourth-order valence-corrected chi connectivity index (χ4v) is 6.41. The molecule has 3 nitrogen and oxygen atoms in total. The lowest BCUT2D eigenvalue weighted by atomic mass is 9.88. The van der Waals surface area contributed by atoms with Crippen LogP contribution >= 0.6 is 11.3 Å². The lowest BCUT2D eigenvalue weighted by molar-refractivity contribution is -0.633. The molecule has 0 saturated carbocycles. The van der Waals surface area contributed by atoms with Crippen molar-refractivity contribution in [3.05, 3.63) is 101 Å². The Kier molecular flexibility index (Phi) is 6.16. The topological polar surface area (TPSA) is 21.7 Å². The summed E-state index contributed by atoms with van der Waals surface area (Å²) in [5.74, 6) is 1.92. The standard InChI is InChI=1S/C34H34N3S/c1-21(2)26-17-25(24-12-8-7-9-13-24)18-27(22(3)4)33(26)37-31-15-11-10-14-30(31)36(6)34(37)28-19-32-29(16-23(28)5)35-20-38-32/h7-22H,1-6H3/q+1. The summed E-state index contributed by atoms with van der Waals surface area (Å²) in [6.07, 6.45) is 0. The SMILES string of the molecule is Cc1cc2ncsc2cc1-c1n(-c2c(C(C)C)cc(-c3ccccc3)cc2C(C)C)c2ccccc2[n+]1C. The molecule has 0 aliphatic carbocycles. The molecular formula is C34H34N3S+. The molecule has 0 amide bonds. The summed E-state index contributed by atoms with van der Waals surface area (Å²) in [5, 5.41) is 0. The number of aryl methyl sites for hydroxylation is 2. The van der Waals surface area contributed by atoms with Gasteiger partial charge in [-0.05, 0) is 71.8 Å². The van der Waals surface area contributed by atoms with Crippen LogP contribution in [0.3, 0.4) is 0 Å². The van der Waals surface area contributed by atoms with Crippen LogP contribution in [-0.4, -0.2) is 9.55 Å². The highest BCUT2D eigenvalue weighted by molar-refractivity contribution is 7.16. The zero-order valence-electron chi connectivity index (χ0n) is 23.0. The van der Waals surface area contributed by atoms with Gasteiger partial charge in [-0.15, -0.1) is 11.3 Å². The van der Waals surface area contributed by atoms with Crippen molar-refractivity contribution in [3.63, 3.8) is 0 Å². The van der Waals surface area contributed by atoms with Crippen molar-refractivity contribution in [1.29, 1.82) is 0 Å². The van der Waals surface area contributed by atoms with Crippen molar-refractivity contribution in [3.8, 4) is 28.2 Å². The van der Waals surface area contributed by atoms with E-state index in [1.807, 2.05) is 5.51 Å². The number of para-hydroxylation sites is 2. The van der Waals surface area contributed by atoms with Gasteiger partial charge >= 0.3 is 0 Å². The highest BCUT2D eigenvalue weighted by Crippen LogP contribution is 2.40. The molecule has 4 heteroatoms. The smallest absolute Gasteiger partial charge is 0.245 e.